The average molecular weight is 229 g/mol. The molecule has 0 radical (unpaired) electrons. The van der Waals surface area contributed by atoms with Crippen molar-refractivity contribution in [3.05, 3.63) is 0 Å². The van der Waals surface area contributed by atoms with Crippen molar-refractivity contribution in [2.45, 2.75) is 32.7 Å². The molecule has 1 N–H and O–H groups in total. The van der Waals surface area contributed by atoms with E-state index in [0.717, 1.165) is 6.42 Å². The maximum absolute atomic E-state index is 11.7. The zero-order chi connectivity index (χ0) is 12.1. The Balaban J connectivity index is 2.61. The normalized spacial score (nSPS) is 25.5. The minimum absolute atomic E-state index is 0.0192. The highest BCUT2D eigenvalue weighted by molar-refractivity contribution is 5.84. The van der Waals surface area contributed by atoms with Gasteiger partial charge in [0.05, 0.1) is 0 Å². The molecule has 1 fully saturated rings. The van der Waals surface area contributed by atoms with Gasteiger partial charge in [-0.15, -0.1) is 0 Å². The number of carbonyl (C=O) groups excluding carboxylic acids is 1. The average Bonchev–Trinajstić information content (AvgIpc) is 2.25. The molecule has 0 spiro atoms. The summed E-state index contributed by atoms with van der Waals surface area (Å²) in [7, 11) is 0. The number of piperidine rings is 1. The van der Waals surface area contributed by atoms with Crippen molar-refractivity contribution < 1.29 is 19.4 Å². The van der Waals surface area contributed by atoms with Gasteiger partial charge in [-0.1, -0.05) is 6.92 Å². The SMILES string of the molecule is CCOCC(=O)N1CCC(C)CC1C(=O)O. The van der Waals surface area contributed by atoms with Crippen LogP contribution < -0.4 is 0 Å². The molecule has 1 rings (SSSR count). The Kier molecular flexibility index (Phi) is 4.73. The first-order valence-electron chi connectivity index (χ1n) is 5.66. The smallest absolute Gasteiger partial charge is 0.326 e. The van der Waals surface area contributed by atoms with Crippen LogP contribution in [0.3, 0.4) is 0 Å². The lowest BCUT2D eigenvalue weighted by molar-refractivity contribution is -0.155. The van der Waals surface area contributed by atoms with E-state index in [0.29, 0.717) is 25.5 Å². The Morgan fingerprint density at radius 3 is 2.75 bits per heavy atom. The van der Waals surface area contributed by atoms with Crippen molar-refractivity contribution in [1.82, 2.24) is 4.90 Å². The topological polar surface area (TPSA) is 66.8 Å². The van der Waals surface area contributed by atoms with Gasteiger partial charge in [-0.2, -0.15) is 0 Å². The third-order valence-corrected chi connectivity index (χ3v) is 2.90. The molecule has 5 nitrogen and oxygen atoms in total. The highest BCUT2D eigenvalue weighted by Crippen LogP contribution is 2.22. The second-order valence-electron chi connectivity index (χ2n) is 4.21. The molecule has 1 aliphatic rings. The number of ether oxygens (including phenoxy) is 1. The van der Waals surface area contributed by atoms with Crippen molar-refractivity contribution >= 4 is 11.9 Å². The van der Waals surface area contributed by atoms with Crippen LogP contribution in [0.2, 0.25) is 0 Å². The molecule has 16 heavy (non-hydrogen) atoms. The van der Waals surface area contributed by atoms with E-state index in [4.69, 9.17) is 9.84 Å². The van der Waals surface area contributed by atoms with Crippen molar-refractivity contribution in [3.63, 3.8) is 0 Å². The molecule has 0 saturated carbocycles. The van der Waals surface area contributed by atoms with Gasteiger partial charge in [0.25, 0.3) is 0 Å². The fraction of sp³-hybridized carbons (Fsp3) is 0.818. The Hall–Kier alpha value is -1.10. The summed E-state index contributed by atoms with van der Waals surface area (Å²) in [4.78, 5) is 24.2. The number of carbonyl (C=O) groups is 2. The van der Waals surface area contributed by atoms with Crippen LogP contribution in [0.25, 0.3) is 0 Å². The molecule has 1 heterocycles. The van der Waals surface area contributed by atoms with Gasteiger partial charge in [-0.25, -0.2) is 4.79 Å². The molecule has 0 aliphatic carbocycles. The monoisotopic (exact) mass is 229 g/mol. The van der Waals surface area contributed by atoms with E-state index in [9.17, 15) is 9.59 Å². The van der Waals surface area contributed by atoms with Crippen LogP contribution >= 0.6 is 0 Å². The van der Waals surface area contributed by atoms with Gasteiger partial charge in [-0.3, -0.25) is 4.79 Å². The lowest BCUT2D eigenvalue weighted by Crippen LogP contribution is -2.50. The van der Waals surface area contributed by atoms with E-state index >= 15 is 0 Å². The van der Waals surface area contributed by atoms with Crippen LogP contribution in [-0.2, 0) is 14.3 Å². The van der Waals surface area contributed by atoms with E-state index in [-0.39, 0.29) is 12.5 Å². The van der Waals surface area contributed by atoms with Crippen molar-refractivity contribution in [2.75, 3.05) is 19.8 Å². The van der Waals surface area contributed by atoms with Crippen LogP contribution in [0.15, 0.2) is 0 Å². The van der Waals surface area contributed by atoms with E-state index < -0.39 is 12.0 Å². The van der Waals surface area contributed by atoms with Gasteiger partial charge in [0, 0.05) is 13.2 Å². The lowest BCUT2D eigenvalue weighted by Gasteiger charge is -2.35. The molecule has 0 aromatic heterocycles. The number of amides is 1. The first-order chi connectivity index (χ1) is 7.56. The number of hydrogen-bond acceptors (Lipinski definition) is 3. The maximum Gasteiger partial charge on any atom is 0.326 e. The number of likely N-dealkylation sites (tertiary alicyclic amines) is 1. The Labute approximate surface area is 95.4 Å². The maximum atomic E-state index is 11.7. The molecule has 2 unspecified atom stereocenters. The van der Waals surface area contributed by atoms with Gasteiger partial charge >= 0.3 is 5.97 Å². The van der Waals surface area contributed by atoms with Crippen molar-refractivity contribution in [3.8, 4) is 0 Å². The standard InChI is InChI=1S/C11H19NO4/c1-3-16-7-10(13)12-5-4-8(2)6-9(12)11(14)15/h8-9H,3-7H2,1-2H3,(H,14,15). The molecule has 1 saturated heterocycles. The zero-order valence-electron chi connectivity index (χ0n) is 9.81. The summed E-state index contributed by atoms with van der Waals surface area (Å²) in [5.41, 5.74) is 0. The molecule has 2 atom stereocenters. The Bertz CT molecular complexity index is 267. The number of rotatable bonds is 4. The molecule has 0 aromatic carbocycles. The molecule has 92 valence electrons. The third-order valence-electron chi connectivity index (χ3n) is 2.90. The first-order valence-corrected chi connectivity index (χ1v) is 5.66. The number of aliphatic carboxylic acids is 1. The third kappa shape index (κ3) is 3.20. The van der Waals surface area contributed by atoms with Crippen LogP contribution in [0.5, 0.6) is 0 Å². The summed E-state index contributed by atoms with van der Waals surface area (Å²) in [5.74, 6) is -0.783. The molecular formula is C11H19NO4. The molecule has 0 aromatic rings. The molecule has 1 amide bonds. The number of hydrogen-bond donors (Lipinski definition) is 1. The fourth-order valence-electron chi connectivity index (χ4n) is 1.95. The predicted octanol–water partition coefficient (Wildman–Crippen LogP) is 0.735. The summed E-state index contributed by atoms with van der Waals surface area (Å²) >= 11 is 0. The van der Waals surface area contributed by atoms with Gasteiger partial charge in [0.2, 0.25) is 5.91 Å². The Morgan fingerprint density at radius 2 is 2.19 bits per heavy atom. The van der Waals surface area contributed by atoms with Crippen LogP contribution in [0, 0.1) is 5.92 Å². The largest absolute Gasteiger partial charge is 0.480 e. The Morgan fingerprint density at radius 1 is 1.50 bits per heavy atom. The second kappa shape index (κ2) is 5.84. The fourth-order valence-corrected chi connectivity index (χ4v) is 1.95. The molecule has 0 bridgehead atoms. The van der Waals surface area contributed by atoms with Crippen LogP contribution in [0.4, 0.5) is 0 Å². The quantitative estimate of drug-likeness (QED) is 0.772. The summed E-state index contributed by atoms with van der Waals surface area (Å²) in [6, 6.07) is -0.684. The van der Waals surface area contributed by atoms with Gasteiger partial charge in [0.1, 0.15) is 12.6 Å². The lowest BCUT2D eigenvalue weighted by atomic mass is 9.92. The first kappa shape index (κ1) is 13.0. The van der Waals surface area contributed by atoms with Crippen molar-refractivity contribution in [1.29, 1.82) is 0 Å². The molecule has 1 aliphatic heterocycles. The number of carboxylic acids is 1. The minimum Gasteiger partial charge on any atom is -0.480 e. The summed E-state index contributed by atoms with van der Waals surface area (Å²) in [6.45, 7) is 4.78. The number of carboxylic acid groups (broad SMARTS) is 1. The predicted molar refractivity (Wildman–Crippen MR) is 58.0 cm³/mol. The van der Waals surface area contributed by atoms with Crippen LogP contribution in [-0.4, -0.2) is 47.7 Å². The molecule has 5 heteroatoms. The van der Waals surface area contributed by atoms with E-state index in [1.807, 2.05) is 6.92 Å². The highest BCUT2D eigenvalue weighted by Gasteiger charge is 2.34. The summed E-state index contributed by atoms with van der Waals surface area (Å²) in [6.07, 6.45) is 1.40. The van der Waals surface area contributed by atoms with Gasteiger partial charge in [0.15, 0.2) is 0 Å². The second-order valence-corrected chi connectivity index (χ2v) is 4.21. The summed E-state index contributed by atoms with van der Waals surface area (Å²) in [5, 5.41) is 9.07. The van der Waals surface area contributed by atoms with Crippen LogP contribution in [0.1, 0.15) is 26.7 Å². The molecular weight excluding hydrogens is 210 g/mol. The van der Waals surface area contributed by atoms with Crippen molar-refractivity contribution in [2.24, 2.45) is 5.92 Å². The number of nitrogens with zero attached hydrogens (tertiary/aromatic N) is 1. The highest BCUT2D eigenvalue weighted by atomic mass is 16.5. The van der Waals surface area contributed by atoms with Gasteiger partial charge < -0.3 is 14.7 Å². The van der Waals surface area contributed by atoms with E-state index in [1.54, 1.807) is 6.92 Å². The zero-order valence-corrected chi connectivity index (χ0v) is 9.81. The van der Waals surface area contributed by atoms with E-state index in [1.165, 1.54) is 4.90 Å². The van der Waals surface area contributed by atoms with E-state index in [2.05, 4.69) is 0 Å². The minimum atomic E-state index is -0.920. The van der Waals surface area contributed by atoms with Gasteiger partial charge in [-0.05, 0) is 25.7 Å². The summed E-state index contributed by atoms with van der Waals surface area (Å²) < 4.78 is 5.02.